The first kappa shape index (κ1) is 20.3. The Hall–Kier alpha value is -1.79. The van der Waals surface area contributed by atoms with E-state index in [9.17, 15) is 34.8 Å². The number of rotatable bonds is 6. The molecule has 1 fully saturated rings. The highest BCUT2D eigenvalue weighted by Crippen LogP contribution is 2.30. The van der Waals surface area contributed by atoms with Crippen molar-refractivity contribution in [1.29, 1.82) is 0 Å². The zero-order valence-electron chi connectivity index (χ0n) is 13.2. The number of ether oxygens (including phenoxy) is 1. The number of carbonyl (C=O) groups is 3. The van der Waals surface area contributed by atoms with E-state index in [1.54, 1.807) is 0 Å². The predicted molar refractivity (Wildman–Crippen MR) is 76.4 cm³/mol. The van der Waals surface area contributed by atoms with Crippen molar-refractivity contribution in [1.82, 2.24) is 10.6 Å². The molecule has 24 heavy (non-hydrogen) atoms. The minimum Gasteiger partial charge on any atom is -0.477 e. The molecule has 1 aliphatic heterocycles. The Labute approximate surface area is 137 Å². The number of hydrogen-bond acceptors (Lipinski definition) is 8. The van der Waals surface area contributed by atoms with Gasteiger partial charge in [-0.1, -0.05) is 0 Å². The number of carbonyl (C=O) groups excluding carboxylic acids is 2. The Morgan fingerprint density at radius 2 is 1.83 bits per heavy atom. The lowest BCUT2D eigenvalue weighted by Gasteiger charge is -2.44. The van der Waals surface area contributed by atoms with Gasteiger partial charge < -0.3 is 40.9 Å². The fourth-order valence-electron chi connectivity index (χ4n) is 2.40. The zero-order valence-corrected chi connectivity index (χ0v) is 13.2. The lowest BCUT2D eigenvalue weighted by molar-refractivity contribution is -0.294. The minimum absolute atomic E-state index is 0.384. The highest BCUT2D eigenvalue weighted by Gasteiger charge is 2.53. The summed E-state index contributed by atoms with van der Waals surface area (Å²) in [7, 11) is 0. The molecular weight excluding hydrogens is 328 g/mol. The number of carboxylic acid groups (broad SMARTS) is 1. The summed E-state index contributed by atoms with van der Waals surface area (Å²) in [4.78, 5) is 33.2. The van der Waals surface area contributed by atoms with Crippen LogP contribution in [0.5, 0.6) is 0 Å². The Kier molecular flexibility index (Phi) is 6.63. The van der Waals surface area contributed by atoms with Gasteiger partial charge in [-0.2, -0.15) is 0 Å². The molecular formula is C13H22N2O9. The van der Waals surface area contributed by atoms with Gasteiger partial charge in [0.25, 0.3) is 5.79 Å². The number of nitrogens with one attached hydrogen (secondary N) is 2. The van der Waals surface area contributed by atoms with E-state index in [2.05, 4.69) is 10.6 Å². The van der Waals surface area contributed by atoms with Crippen LogP contribution in [0.1, 0.15) is 20.3 Å². The highest BCUT2D eigenvalue weighted by molar-refractivity contribution is 5.76. The van der Waals surface area contributed by atoms with Crippen molar-refractivity contribution in [2.45, 2.75) is 56.5 Å². The normalized spacial score (nSPS) is 32.5. The summed E-state index contributed by atoms with van der Waals surface area (Å²) in [6.45, 7) is 1.93. The molecule has 0 aromatic rings. The van der Waals surface area contributed by atoms with Gasteiger partial charge in [0.2, 0.25) is 11.8 Å². The number of aliphatic hydroxyl groups excluding tert-OH is 3. The first-order chi connectivity index (χ1) is 11.0. The molecule has 0 radical (unpaired) electrons. The van der Waals surface area contributed by atoms with Gasteiger partial charge in [0.15, 0.2) is 0 Å². The van der Waals surface area contributed by atoms with Gasteiger partial charge in [0.05, 0.1) is 18.2 Å². The maximum Gasteiger partial charge on any atom is 0.364 e. The topological polar surface area (TPSA) is 186 Å². The first-order valence-electron chi connectivity index (χ1n) is 7.17. The highest BCUT2D eigenvalue weighted by atomic mass is 16.7. The van der Waals surface area contributed by atoms with E-state index in [0.29, 0.717) is 0 Å². The van der Waals surface area contributed by atoms with Gasteiger partial charge in [0, 0.05) is 26.8 Å². The van der Waals surface area contributed by atoms with Crippen LogP contribution in [0.4, 0.5) is 0 Å². The van der Waals surface area contributed by atoms with Gasteiger partial charge in [-0.05, 0) is 0 Å². The van der Waals surface area contributed by atoms with E-state index in [4.69, 9.17) is 9.84 Å². The smallest absolute Gasteiger partial charge is 0.364 e. The summed E-state index contributed by atoms with van der Waals surface area (Å²) < 4.78 is 4.97. The van der Waals surface area contributed by atoms with Crippen molar-refractivity contribution in [2.24, 2.45) is 0 Å². The Balaban J connectivity index is 3.01. The fourth-order valence-corrected chi connectivity index (χ4v) is 2.40. The van der Waals surface area contributed by atoms with Crippen LogP contribution < -0.4 is 10.6 Å². The second-order valence-corrected chi connectivity index (χ2v) is 5.66. The van der Waals surface area contributed by atoms with Crippen LogP contribution in [-0.2, 0) is 19.1 Å². The number of aliphatic hydroxyl groups is 4. The van der Waals surface area contributed by atoms with Crippen molar-refractivity contribution in [3.63, 3.8) is 0 Å². The van der Waals surface area contributed by atoms with Gasteiger partial charge >= 0.3 is 5.97 Å². The number of amides is 2. The zero-order chi connectivity index (χ0) is 18.7. The van der Waals surface area contributed by atoms with Gasteiger partial charge in [-0.3, -0.25) is 9.59 Å². The number of hydrogen-bond donors (Lipinski definition) is 7. The van der Waals surface area contributed by atoms with Crippen molar-refractivity contribution >= 4 is 17.8 Å². The summed E-state index contributed by atoms with van der Waals surface area (Å²) >= 11 is 0. The van der Waals surface area contributed by atoms with Crippen LogP contribution in [0, 0.1) is 0 Å². The monoisotopic (exact) mass is 350 g/mol. The van der Waals surface area contributed by atoms with Gasteiger partial charge in [-0.15, -0.1) is 0 Å². The van der Waals surface area contributed by atoms with Gasteiger partial charge in [-0.25, -0.2) is 4.79 Å². The predicted octanol–water partition coefficient (Wildman–Crippen LogP) is -3.73. The first-order valence-corrected chi connectivity index (χ1v) is 7.17. The molecule has 2 amide bonds. The van der Waals surface area contributed by atoms with Crippen molar-refractivity contribution in [3.05, 3.63) is 0 Å². The molecule has 7 N–H and O–H groups in total. The molecule has 0 spiro atoms. The molecule has 11 heteroatoms. The molecule has 0 bridgehead atoms. The fraction of sp³-hybridized carbons (Fsp3) is 0.769. The molecule has 1 rings (SSSR count). The molecule has 1 saturated heterocycles. The Morgan fingerprint density at radius 1 is 1.25 bits per heavy atom. The molecule has 0 aromatic carbocycles. The quantitative estimate of drug-likeness (QED) is 0.253. The second-order valence-electron chi connectivity index (χ2n) is 5.66. The lowest BCUT2D eigenvalue weighted by Crippen LogP contribution is -2.67. The largest absolute Gasteiger partial charge is 0.477 e. The van der Waals surface area contributed by atoms with Crippen molar-refractivity contribution in [3.8, 4) is 0 Å². The van der Waals surface area contributed by atoms with Crippen molar-refractivity contribution < 1.29 is 44.7 Å². The summed E-state index contributed by atoms with van der Waals surface area (Å²) in [5.41, 5.74) is 0. The third-order valence-electron chi connectivity index (χ3n) is 3.58. The van der Waals surface area contributed by atoms with Gasteiger partial charge in [0.1, 0.15) is 12.2 Å². The Morgan fingerprint density at radius 3 is 2.29 bits per heavy atom. The second kappa shape index (κ2) is 7.85. The molecule has 0 unspecified atom stereocenters. The SMILES string of the molecule is CC(=O)NC[C@H](O)[C@H](O)[C@@H]1O[C@@](O)(C(=O)O)C[C@H](O)[C@H]1NC(C)=O. The molecule has 0 aromatic heterocycles. The van der Waals surface area contributed by atoms with Crippen LogP contribution in [-0.4, -0.2) is 86.1 Å². The number of aliphatic carboxylic acids is 1. The molecule has 11 nitrogen and oxygen atoms in total. The van der Waals surface area contributed by atoms with E-state index < -0.39 is 60.4 Å². The van der Waals surface area contributed by atoms with Crippen LogP contribution in [0.2, 0.25) is 0 Å². The maximum atomic E-state index is 11.2. The average Bonchev–Trinajstić information content (AvgIpc) is 2.46. The van der Waals surface area contributed by atoms with Crippen LogP contribution >= 0.6 is 0 Å². The Bertz CT molecular complexity index is 500. The van der Waals surface area contributed by atoms with Crippen LogP contribution in [0.15, 0.2) is 0 Å². The van der Waals surface area contributed by atoms with E-state index >= 15 is 0 Å². The standard InChI is InChI=1S/C13H22N2O9/c1-5(16)14-4-8(19)10(20)11-9(15-6(2)17)7(18)3-13(23,24-11)12(21)22/h7-11,18-20,23H,3-4H2,1-2H3,(H,14,16)(H,15,17)(H,21,22)/t7-,8-,9+,10-,11+,13+/m0/s1. The van der Waals surface area contributed by atoms with Crippen molar-refractivity contribution in [2.75, 3.05) is 6.54 Å². The van der Waals surface area contributed by atoms with Crippen LogP contribution in [0.3, 0.4) is 0 Å². The summed E-state index contributed by atoms with van der Waals surface area (Å²) in [5.74, 6) is -5.67. The van der Waals surface area contributed by atoms with Crippen LogP contribution in [0.25, 0.3) is 0 Å². The molecule has 0 aliphatic carbocycles. The molecule has 1 aliphatic rings. The number of carboxylic acids is 1. The third-order valence-corrected chi connectivity index (χ3v) is 3.58. The lowest BCUT2D eigenvalue weighted by atomic mass is 9.88. The maximum absolute atomic E-state index is 11.2. The summed E-state index contributed by atoms with van der Waals surface area (Å²) in [5, 5.41) is 53.6. The van der Waals surface area contributed by atoms with E-state index in [0.717, 1.165) is 6.92 Å². The summed E-state index contributed by atoms with van der Waals surface area (Å²) in [6.07, 6.45) is -7.36. The molecule has 6 atom stereocenters. The molecule has 1 heterocycles. The third kappa shape index (κ3) is 4.85. The average molecular weight is 350 g/mol. The minimum atomic E-state index is -2.80. The van der Waals surface area contributed by atoms with E-state index in [-0.39, 0.29) is 6.54 Å². The molecule has 138 valence electrons. The molecule has 0 saturated carbocycles. The van der Waals surface area contributed by atoms with E-state index in [1.165, 1.54) is 6.92 Å². The summed E-state index contributed by atoms with van der Waals surface area (Å²) in [6, 6.07) is -1.27. The van der Waals surface area contributed by atoms with E-state index in [1.807, 2.05) is 0 Å².